The molecule has 4 heteroatoms. The summed E-state index contributed by atoms with van der Waals surface area (Å²) in [6, 6.07) is 11.8. The highest BCUT2D eigenvalue weighted by molar-refractivity contribution is 5.78. The number of likely N-dealkylation sites (tertiary alicyclic amines) is 1. The Morgan fingerprint density at radius 2 is 1.62 bits per heavy atom. The number of piperidine rings is 1. The zero-order valence-corrected chi connectivity index (χ0v) is 15.6. The molecule has 4 nitrogen and oxygen atoms in total. The highest BCUT2D eigenvalue weighted by atomic mass is 16.5. The standard InChI is InChI=1S/C22H30N2O2/c25-22-7-6-20-4-1-2-5-21(20)24(22)13-3-12-23-14-8-18(9-15-23)19-10-16-26-17-11-19/h1-2,4-7,18-19H,3,8-17H2. The number of para-hydroxylation sites is 1. The number of ether oxygens (including phenoxy) is 1. The number of nitrogens with zero attached hydrogens (tertiary/aromatic N) is 2. The molecule has 0 aliphatic carbocycles. The summed E-state index contributed by atoms with van der Waals surface area (Å²) in [6.07, 6.45) is 6.22. The van der Waals surface area contributed by atoms with E-state index in [-0.39, 0.29) is 5.56 Å². The van der Waals surface area contributed by atoms with Gasteiger partial charge >= 0.3 is 0 Å². The Balaban J connectivity index is 1.28. The van der Waals surface area contributed by atoms with Gasteiger partial charge in [-0.3, -0.25) is 4.79 Å². The Morgan fingerprint density at radius 1 is 0.885 bits per heavy atom. The van der Waals surface area contributed by atoms with E-state index < -0.39 is 0 Å². The molecule has 26 heavy (non-hydrogen) atoms. The van der Waals surface area contributed by atoms with Crippen LogP contribution in [-0.4, -0.2) is 42.3 Å². The fraction of sp³-hybridized carbons (Fsp3) is 0.591. The van der Waals surface area contributed by atoms with Crippen LogP contribution in [0.1, 0.15) is 32.1 Å². The van der Waals surface area contributed by atoms with Crippen LogP contribution in [-0.2, 0) is 11.3 Å². The van der Waals surface area contributed by atoms with E-state index in [4.69, 9.17) is 4.74 Å². The predicted molar refractivity (Wildman–Crippen MR) is 106 cm³/mol. The molecule has 0 N–H and O–H groups in total. The van der Waals surface area contributed by atoms with E-state index in [2.05, 4.69) is 17.0 Å². The normalized spacial score (nSPS) is 20.6. The molecule has 4 rings (SSSR count). The van der Waals surface area contributed by atoms with Crippen LogP contribution in [0.3, 0.4) is 0 Å². The van der Waals surface area contributed by atoms with Crippen LogP contribution in [0.5, 0.6) is 0 Å². The van der Waals surface area contributed by atoms with Crippen molar-refractivity contribution in [1.82, 2.24) is 9.47 Å². The third-order valence-electron chi connectivity index (χ3n) is 6.32. The van der Waals surface area contributed by atoms with Gasteiger partial charge in [-0.1, -0.05) is 18.2 Å². The molecule has 0 amide bonds. The summed E-state index contributed by atoms with van der Waals surface area (Å²) in [4.78, 5) is 14.9. The molecular formula is C22H30N2O2. The van der Waals surface area contributed by atoms with Crippen LogP contribution in [0.15, 0.2) is 41.2 Å². The smallest absolute Gasteiger partial charge is 0.251 e. The summed E-state index contributed by atoms with van der Waals surface area (Å²) in [7, 11) is 0. The fourth-order valence-corrected chi connectivity index (χ4v) is 4.76. The maximum atomic E-state index is 12.3. The first-order chi connectivity index (χ1) is 12.8. The van der Waals surface area contributed by atoms with Gasteiger partial charge in [0.25, 0.3) is 5.56 Å². The lowest BCUT2D eigenvalue weighted by molar-refractivity contribution is 0.0302. The van der Waals surface area contributed by atoms with Gasteiger partial charge in [0.05, 0.1) is 5.52 Å². The Morgan fingerprint density at radius 3 is 2.42 bits per heavy atom. The molecule has 2 aromatic rings. The van der Waals surface area contributed by atoms with Crippen LogP contribution in [0.2, 0.25) is 0 Å². The largest absolute Gasteiger partial charge is 0.381 e. The molecule has 2 fully saturated rings. The summed E-state index contributed by atoms with van der Waals surface area (Å²) in [5, 5.41) is 1.14. The van der Waals surface area contributed by atoms with Crippen molar-refractivity contribution in [1.29, 1.82) is 0 Å². The molecule has 140 valence electrons. The van der Waals surface area contributed by atoms with Gasteiger partial charge in [0, 0.05) is 25.8 Å². The SMILES string of the molecule is O=c1ccc2ccccc2n1CCCN1CCC(C2CCOCC2)CC1. The number of pyridine rings is 1. The van der Waals surface area contributed by atoms with Crippen LogP contribution in [0.25, 0.3) is 10.9 Å². The second-order valence-electron chi connectivity index (χ2n) is 7.86. The molecule has 2 aliphatic rings. The zero-order chi connectivity index (χ0) is 17.8. The Hall–Kier alpha value is -1.65. The highest BCUT2D eigenvalue weighted by Gasteiger charge is 2.27. The van der Waals surface area contributed by atoms with E-state index in [0.717, 1.165) is 55.5 Å². The third kappa shape index (κ3) is 4.02. The van der Waals surface area contributed by atoms with Crippen molar-refractivity contribution in [2.24, 2.45) is 11.8 Å². The molecule has 2 aliphatic heterocycles. The predicted octanol–water partition coefficient (Wildman–Crippen LogP) is 3.53. The minimum absolute atomic E-state index is 0.113. The highest BCUT2D eigenvalue weighted by Crippen LogP contribution is 2.31. The van der Waals surface area contributed by atoms with Crippen molar-refractivity contribution in [3.05, 3.63) is 46.8 Å². The Kier molecular flexibility index (Phi) is 5.71. The minimum Gasteiger partial charge on any atom is -0.381 e. The minimum atomic E-state index is 0.113. The van der Waals surface area contributed by atoms with Gasteiger partial charge in [-0.15, -0.1) is 0 Å². The second-order valence-corrected chi connectivity index (χ2v) is 7.86. The van der Waals surface area contributed by atoms with Gasteiger partial charge in [0.15, 0.2) is 0 Å². The zero-order valence-electron chi connectivity index (χ0n) is 15.6. The summed E-state index contributed by atoms with van der Waals surface area (Å²) < 4.78 is 7.44. The van der Waals surface area contributed by atoms with Gasteiger partial charge in [0.2, 0.25) is 0 Å². The topological polar surface area (TPSA) is 34.5 Å². The summed E-state index contributed by atoms with van der Waals surface area (Å²) in [5.74, 6) is 1.79. The van der Waals surface area contributed by atoms with Crippen molar-refractivity contribution in [3.8, 4) is 0 Å². The number of aromatic nitrogens is 1. The van der Waals surface area contributed by atoms with E-state index in [1.54, 1.807) is 6.07 Å². The van der Waals surface area contributed by atoms with Crippen LogP contribution in [0.4, 0.5) is 0 Å². The van der Waals surface area contributed by atoms with E-state index in [1.807, 2.05) is 22.8 Å². The van der Waals surface area contributed by atoms with Crippen molar-refractivity contribution in [3.63, 3.8) is 0 Å². The van der Waals surface area contributed by atoms with Gasteiger partial charge in [-0.05, 0) is 81.1 Å². The van der Waals surface area contributed by atoms with Crippen LogP contribution in [0, 0.1) is 11.8 Å². The van der Waals surface area contributed by atoms with E-state index in [9.17, 15) is 4.79 Å². The molecule has 0 spiro atoms. The van der Waals surface area contributed by atoms with Crippen molar-refractivity contribution >= 4 is 10.9 Å². The maximum absolute atomic E-state index is 12.3. The molecule has 0 bridgehead atoms. The van der Waals surface area contributed by atoms with E-state index in [0.29, 0.717) is 0 Å². The van der Waals surface area contributed by atoms with E-state index >= 15 is 0 Å². The van der Waals surface area contributed by atoms with Crippen LogP contribution < -0.4 is 5.56 Å². The molecular weight excluding hydrogens is 324 g/mol. The molecule has 0 atom stereocenters. The molecule has 0 unspecified atom stereocenters. The first-order valence-corrected chi connectivity index (χ1v) is 10.2. The summed E-state index contributed by atoms with van der Waals surface area (Å²) >= 11 is 0. The number of hydrogen-bond donors (Lipinski definition) is 0. The maximum Gasteiger partial charge on any atom is 0.251 e. The van der Waals surface area contributed by atoms with Crippen molar-refractivity contribution in [2.75, 3.05) is 32.8 Å². The second kappa shape index (κ2) is 8.36. The number of aryl methyl sites for hydroxylation is 1. The first kappa shape index (κ1) is 17.7. The number of hydrogen-bond acceptors (Lipinski definition) is 3. The molecule has 3 heterocycles. The fourth-order valence-electron chi connectivity index (χ4n) is 4.76. The summed E-state index contributed by atoms with van der Waals surface area (Å²) in [5.41, 5.74) is 1.17. The average Bonchev–Trinajstić information content (AvgIpc) is 2.71. The van der Waals surface area contributed by atoms with Crippen molar-refractivity contribution in [2.45, 2.75) is 38.6 Å². The molecule has 0 radical (unpaired) electrons. The Labute approximate surface area is 155 Å². The third-order valence-corrected chi connectivity index (χ3v) is 6.32. The van der Waals surface area contributed by atoms with Crippen LogP contribution >= 0.6 is 0 Å². The van der Waals surface area contributed by atoms with Gasteiger partial charge in [-0.25, -0.2) is 0 Å². The van der Waals surface area contributed by atoms with Gasteiger partial charge < -0.3 is 14.2 Å². The first-order valence-electron chi connectivity index (χ1n) is 10.2. The number of fused-ring (bicyclic) bond motifs is 1. The lowest BCUT2D eigenvalue weighted by atomic mass is 9.80. The average molecular weight is 354 g/mol. The van der Waals surface area contributed by atoms with E-state index in [1.165, 1.54) is 38.8 Å². The Bertz CT molecular complexity index is 771. The molecule has 1 aromatic carbocycles. The number of benzene rings is 1. The lowest BCUT2D eigenvalue weighted by Gasteiger charge is -2.37. The molecule has 1 aromatic heterocycles. The van der Waals surface area contributed by atoms with Gasteiger partial charge in [-0.2, -0.15) is 0 Å². The monoisotopic (exact) mass is 354 g/mol. The summed E-state index contributed by atoms with van der Waals surface area (Å²) in [6.45, 7) is 6.25. The lowest BCUT2D eigenvalue weighted by Crippen LogP contribution is -2.38. The molecule has 2 saturated heterocycles. The molecule has 0 saturated carbocycles. The van der Waals surface area contributed by atoms with Crippen molar-refractivity contribution < 1.29 is 4.74 Å². The number of rotatable bonds is 5. The quantitative estimate of drug-likeness (QED) is 0.824. The van der Waals surface area contributed by atoms with Gasteiger partial charge in [0.1, 0.15) is 0 Å².